The maximum atomic E-state index is 13.4. The average Bonchev–Trinajstić information content (AvgIpc) is 3.62. The Morgan fingerprint density at radius 2 is 1.92 bits per heavy atom. The van der Waals surface area contributed by atoms with Gasteiger partial charge in [0.05, 0.1) is 28.3 Å². The van der Waals surface area contributed by atoms with E-state index in [9.17, 15) is 9.90 Å². The molecule has 208 valence electrons. The van der Waals surface area contributed by atoms with E-state index in [4.69, 9.17) is 27.9 Å². The zero-order valence-electron chi connectivity index (χ0n) is 22.3. The third kappa shape index (κ3) is 6.80. The van der Waals surface area contributed by atoms with E-state index in [-0.39, 0.29) is 11.8 Å². The van der Waals surface area contributed by atoms with Gasteiger partial charge in [-0.2, -0.15) is 11.3 Å². The highest BCUT2D eigenvalue weighted by Gasteiger charge is 2.39. The largest absolute Gasteiger partial charge is 0.497 e. The van der Waals surface area contributed by atoms with Gasteiger partial charge in [0.2, 0.25) is 0 Å². The topological polar surface area (TPSA) is 53.0 Å². The standard InChI is InChI=1S/C31H36Cl2N2O3S/c1-38-25-7-2-5-22(17-25)6-4-11-31(37)12-14-34(15-13-31)18-24-19-35(20-27(24)23-10-16-39-21-23)30(36)26-8-3-9-28(32)29(26)33/h2-3,5,7-10,16-17,21,24,27,37H,4,6,11-15,18-20H2,1H3. The highest BCUT2D eigenvalue weighted by atomic mass is 35.5. The molecule has 2 aliphatic heterocycles. The van der Waals surface area contributed by atoms with E-state index in [0.29, 0.717) is 34.6 Å². The minimum Gasteiger partial charge on any atom is -0.497 e. The summed E-state index contributed by atoms with van der Waals surface area (Å²) >= 11 is 14.3. The predicted molar refractivity (Wildman–Crippen MR) is 159 cm³/mol. The normalized spacial score (nSPS) is 21.3. The Morgan fingerprint density at radius 1 is 1.13 bits per heavy atom. The first kappa shape index (κ1) is 28.4. The summed E-state index contributed by atoms with van der Waals surface area (Å²) in [6, 6.07) is 15.6. The number of methoxy groups -OCH3 is 1. The number of aryl methyl sites for hydroxylation is 1. The van der Waals surface area contributed by atoms with Gasteiger partial charge >= 0.3 is 0 Å². The van der Waals surface area contributed by atoms with Crippen LogP contribution in [0.1, 0.15) is 53.1 Å². The molecule has 1 N–H and O–H groups in total. The second kappa shape index (κ2) is 12.6. The molecule has 2 unspecified atom stereocenters. The molecule has 0 saturated carbocycles. The molecule has 1 aromatic heterocycles. The number of nitrogens with zero attached hydrogens (tertiary/aromatic N) is 2. The van der Waals surface area contributed by atoms with Gasteiger partial charge in [-0.05, 0) is 90.2 Å². The van der Waals surface area contributed by atoms with Gasteiger partial charge in [-0.3, -0.25) is 4.79 Å². The molecule has 0 radical (unpaired) electrons. The Morgan fingerprint density at radius 3 is 2.67 bits per heavy atom. The first-order valence-corrected chi connectivity index (χ1v) is 15.4. The zero-order valence-corrected chi connectivity index (χ0v) is 24.6. The second-order valence-corrected chi connectivity index (χ2v) is 12.5. The molecule has 8 heteroatoms. The summed E-state index contributed by atoms with van der Waals surface area (Å²) in [6.07, 6.45) is 4.26. The molecule has 39 heavy (non-hydrogen) atoms. The number of rotatable bonds is 9. The van der Waals surface area contributed by atoms with Crippen molar-refractivity contribution in [1.29, 1.82) is 0 Å². The first-order chi connectivity index (χ1) is 18.8. The van der Waals surface area contributed by atoms with Gasteiger partial charge in [-0.1, -0.05) is 41.4 Å². The van der Waals surface area contributed by atoms with Crippen LogP contribution in [0.3, 0.4) is 0 Å². The number of likely N-dealkylation sites (tertiary alicyclic amines) is 2. The van der Waals surface area contributed by atoms with Gasteiger partial charge in [0, 0.05) is 38.6 Å². The lowest BCUT2D eigenvalue weighted by Gasteiger charge is -2.39. The van der Waals surface area contributed by atoms with Gasteiger partial charge in [-0.25, -0.2) is 0 Å². The van der Waals surface area contributed by atoms with Crippen molar-refractivity contribution < 1.29 is 14.6 Å². The van der Waals surface area contributed by atoms with Crippen LogP contribution in [0.15, 0.2) is 59.3 Å². The van der Waals surface area contributed by atoms with Crippen molar-refractivity contribution in [3.05, 3.63) is 86.0 Å². The monoisotopic (exact) mass is 586 g/mol. The van der Waals surface area contributed by atoms with Crippen LogP contribution < -0.4 is 4.74 Å². The number of aliphatic hydroxyl groups is 1. The maximum absolute atomic E-state index is 13.4. The van der Waals surface area contributed by atoms with Crippen LogP contribution in [0.4, 0.5) is 0 Å². The van der Waals surface area contributed by atoms with Crippen LogP contribution >= 0.6 is 34.5 Å². The van der Waals surface area contributed by atoms with Crippen LogP contribution in [0, 0.1) is 5.92 Å². The number of hydrogen-bond acceptors (Lipinski definition) is 5. The molecular weight excluding hydrogens is 551 g/mol. The minimum atomic E-state index is -0.608. The summed E-state index contributed by atoms with van der Waals surface area (Å²) < 4.78 is 5.33. The van der Waals surface area contributed by atoms with E-state index in [1.807, 2.05) is 17.0 Å². The lowest BCUT2D eigenvalue weighted by molar-refractivity contribution is -0.0315. The van der Waals surface area contributed by atoms with E-state index in [1.54, 1.807) is 36.6 Å². The quantitative estimate of drug-likeness (QED) is 0.300. The van der Waals surface area contributed by atoms with Crippen molar-refractivity contribution in [2.75, 3.05) is 39.8 Å². The molecule has 2 atom stereocenters. The number of halogens is 2. The molecule has 0 bridgehead atoms. The van der Waals surface area contributed by atoms with Crippen molar-refractivity contribution in [2.24, 2.45) is 5.92 Å². The summed E-state index contributed by atoms with van der Waals surface area (Å²) in [4.78, 5) is 17.8. The molecule has 2 fully saturated rings. The Hall–Kier alpha value is -2.09. The Bertz CT molecular complexity index is 1260. The minimum absolute atomic E-state index is 0.0608. The Balaban J connectivity index is 1.17. The number of carbonyl (C=O) groups excluding carboxylic acids is 1. The number of thiophene rings is 1. The fourth-order valence-electron chi connectivity index (χ4n) is 6.11. The Kier molecular flexibility index (Phi) is 9.20. The molecule has 0 aliphatic carbocycles. The number of ether oxygens (including phenoxy) is 1. The van der Waals surface area contributed by atoms with Crippen LogP contribution in [-0.4, -0.2) is 66.2 Å². The number of benzene rings is 2. The average molecular weight is 588 g/mol. The van der Waals surface area contributed by atoms with Crippen LogP contribution in [-0.2, 0) is 6.42 Å². The van der Waals surface area contributed by atoms with E-state index < -0.39 is 5.60 Å². The van der Waals surface area contributed by atoms with Crippen LogP contribution in [0.25, 0.3) is 0 Å². The molecule has 3 aromatic rings. The van der Waals surface area contributed by atoms with Gasteiger partial charge < -0.3 is 19.6 Å². The molecule has 5 rings (SSSR count). The summed E-state index contributed by atoms with van der Waals surface area (Å²) in [5, 5.41) is 16.3. The number of hydrogen-bond donors (Lipinski definition) is 1. The highest BCUT2D eigenvalue weighted by molar-refractivity contribution is 7.08. The molecule has 3 heterocycles. The van der Waals surface area contributed by atoms with E-state index in [2.05, 4.69) is 33.9 Å². The first-order valence-electron chi connectivity index (χ1n) is 13.7. The van der Waals surface area contributed by atoms with E-state index >= 15 is 0 Å². The third-order valence-corrected chi connectivity index (χ3v) is 9.92. The molecule has 0 spiro atoms. The molecule has 5 nitrogen and oxygen atoms in total. The summed E-state index contributed by atoms with van der Waals surface area (Å²) in [6.45, 7) is 4.01. The SMILES string of the molecule is COc1cccc(CCCC2(O)CCN(CC3CN(C(=O)c4cccc(Cl)c4Cl)CC3c3ccsc3)CC2)c1. The summed E-state index contributed by atoms with van der Waals surface area (Å²) in [5.41, 5.74) is 2.40. The molecule has 1 amide bonds. The maximum Gasteiger partial charge on any atom is 0.255 e. The molecule has 2 aliphatic rings. The van der Waals surface area contributed by atoms with Crippen molar-refractivity contribution in [3.63, 3.8) is 0 Å². The third-order valence-electron chi connectivity index (χ3n) is 8.40. The molecular formula is C31H36Cl2N2O3S. The number of amides is 1. The smallest absolute Gasteiger partial charge is 0.255 e. The summed E-state index contributed by atoms with van der Waals surface area (Å²) in [5.74, 6) is 1.42. The van der Waals surface area contributed by atoms with E-state index in [1.165, 1.54) is 11.1 Å². The lowest BCUT2D eigenvalue weighted by Crippen LogP contribution is -2.46. The van der Waals surface area contributed by atoms with Crippen molar-refractivity contribution in [2.45, 2.75) is 43.6 Å². The van der Waals surface area contributed by atoms with Crippen molar-refractivity contribution >= 4 is 40.4 Å². The fourth-order valence-corrected chi connectivity index (χ4v) is 7.21. The molecule has 2 saturated heterocycles. The predicted octanol–water partition coefficient (Wildman–Crippen LogP) is 6.77. The van der Waals surface area contributed by atoms with Crippen molar-refractivity contribution in [3.8, 4) is 5.75 Å². The van der Waals surface area contributed by atoms with Gasteiger partial charge in [0.1, 0.15) is 5.75 Å². The van der Waals surface area contributed by atoms with Gasteiger partial charge in [0.15, 0.2) is 0 Å². The van der Waals surface area contributed by atoms with Crippen molar-refractivity contribution in [1.82, 2.24) is 9.80 Å². The number of piperidine rings is 1. The van der Waals surface area contributed by atoms with Gasteiger partial charge in [-0.15, -0.1) is 0 Å². The fraction of sp³-hybridized carbons (Fsp3) is 0.452. The zero-order chi connectivity index (χ0) is 27.4. The highest BCUT2D eigenvalue weighted by Crippen LogP contribution is 2.37. The second-order valence-electron chi connectivity index (χ2n) is 11.0. The van der Waals surface area contributed by atoms with E-state index in [0.717, 1.165) is 57.5 Å². The number of carbonyl (C=O) groups is 1. The van der Waals surface area contributed by atoms with Gasteiger partial charge in [0.25, 0.3) is 5.91 Å². The Labute approximate surface area is 245 Å². The van der Waals surface area contributed by atoms with Crippen LogP contribution in [0.5, 0.6) is 5.75 Å². The summed E-state index contributed by atoms with van der Waals surface area (Å²) in [7, 11) is 1.69. The molecule has 2 aromatic carbocycles. The lowest BCUT2D eigenvalue weighted by atomic mass is 9.84. The van der Waals surface area contributed by atoms with Crippen LogP contribution in [0.2, 0.25) is 10.0 Å².